The molecule has 0 spiro atoms. The number of hydrogen-bond donors (Lipinski definition) is 3. The first-order valence-electron chi connectivity index (χ1n) is 6.80. The van der Waals surface area contributed by atoms with Crippen LogP contribution >= 0.6 is 0 Å². The summed E-state index contributed by atoms with van der Waals surface area (Å²) in [7, 11) is 1.59. The van der Waals surface area contributed by atoms with E-state index in [1.807, 2.05) is 13.8 Å². The molecule has 0 aliphatic carbocycles. The highest BCUT2D eigenvalue weighted by atomic mass is 16.5. The first-order valence-corrected chi connectivity index (χ1v) is 6.80. The predicted octanol–water partition coefficient (Wildman–Crippen LogP) is 2.07. The lowest BCUT2D eigenvalue weighted by atomic mass is 10.0. The smallest absolute Gasteiger partial charge is 0.315 e. The molecule has 1 rings (SSSR count). The molecule has 0 radical (unpaired) electrons. The summed E-state index contributed by atoms with van der Waals surface area (Å²) >= 11 is 0. The Morgan fingerprint density at radius 1 is 1.25 bits per heavy atom. The van der Waals surface area contributed by atoms with Crippen molar-refractivity contribution in [3.63, 3.8) is 0 Å². The zero-order valence-corrected chi connectivity index (χ0v) is 12.5. The molecule has 1 aromatic rings. The quantitative estimate of drug-likeness (QED) is 0.747. The molecule has 112 valence electrons. The first kappa shape index (κ1) is 16.3. The largest absolute Gasteiger partial charge is 0.497 e. The van der Waals surface area contributed by atoms with E-state index in [-0.39, 0.29) is 12.1 Å². The molecule has 0 bridgehead atoms. The molecule has 3 N–H and O–H groups in total. The summed E-state index contributed by atoms with van der Waals surface area (Å²) in [5, 5.41) is 15.7. The number of methoxy groups -OCH3 is 1. The summed E-state index contributed by atoms with van der Waals surface area (Å²) < 4.78 is 5.07. The zero-order valence-electron chi connectivity index (χ0n) is 12.5. The third kappa shape index (κ3) is 5.09. The topological polar surface area (TPSA) is 70.6 Å². The molecule has 5 heteroatoms. The molecule has 0 saturated carbocycles. The lowest BCUT2D eigenvalue weighted by molar-refractivity contribution is 0.137. The number of benzene rings is 1. The molecule has 2 atom stereocenters. The molecule has 1 aromatic carbocycles. The highest BCUT2D eigenvalue weighted by Crippen LogP contribution is 2.20. The highest BCUT2D eigenvalue weighted by Gasteiger charge is 2.18. The summed E-state index contributed by atoms with van der Waals surface area (Å²) in [6.07, 6.45) is -0.759. The lowest BCUT2D eigenvalue weighted by Crippen LogP contribution is -2.44. The van der Waals surface area contributed by atoms with Crippen LogP contribution in [0.25, 0.3) is 0 Å². The van der Waals surface area contributed by atoms with Crippen molar-refractivity contribution < 1.29 is 14.6 Å². The Kier molecular flexibility index (Phi) is 6.31. The maximum Gasteiger partial charge on any atom is 0.315 e. The van der Waals surface area contributed by atoms with Crippen molar-refractivity contribution in [3.8, 4) is 5.75 Å². The Balaban J connectivity index is 2.52. The maximum absolute atomic E-state index is 11.6. The molecular formula is C15H24N2O3. The minimum Gasteiger partial charge on any atom is -0.497 e. The maximum atomic E-state index is 11.6. The number of urea groups is 1. The third-order valence-electron chi connectivity index (χ3n) is 2.96. The van der Waals surface area contributed by atoms with Crippen molar-refractivity contribution in [2.75, 3.05) is 13.7 Å². The molecule has 0 aromatic heterocycles. The van der Waals surface area contributed by atoms with Crippen LogP contribution in [0.2, 0.25) is 0 Å². The van der Waals surface area contributed by atoms with Gasteiger partial charge in [0.2, 0.25) is 0 Å². The van der Waals surface area contributed by atoms with Gasteiger partial charge in [0, 0.05) is 6.54 Å². The van der Waals surface area contributed by atoms with E-state index >= 15 is 0 Å². The normalized spacial score (nSPS) is 13.7. The Bertz CT molecular complexity index is 418. The average molecular weight is 280 g/mol. The van der Waals surface area contributed by atoms with Crippen molar-refractivity contribution in [3.05, 3.63) is 29.8 Å². The van der Waals surface area contributed by atoms with Gasteiger partial charge in [-0.05, 0) is 30.5 Å². The summed E-state index contributed by atoms with van der Waals surface area (Å²) in [5.74, 6) is 1.12. The van der Waals surface area contributed by atoms with Crippen molar-refractivity contribution in [1.82, 2.24) is 10.6 Å². The Morgan fingerprint density at radius 2 is 1.85 bits per heavy atom. The number of hydrogen-bond acceptors (Lipinski definition) is 3. The van der Waals surface area contributed by atoms with Gasteiger partial charge in [0.15, 0.2) is 0 Å². The van der Waals surface area contributed by atoms with Crippen LogP contribution in [0.15, 0.2) is 24.3 Å². The first-order chi connectivity index (χ1) is 9.43. The second-order valence-corrected chi connectivity index (χ2v) is 5.25. The van der Waals surface area contributed by atoms with E-state index in [0.29, 0.717) is 12.5 Å². The number of aliphatic hydroxyl groups excluding tert-OH is 1. The second-order valence-electron chi connectivity index (χ2n) is 5.25. The zero-order chi connectivity index (χ0) is 15.1. The third-order valence-corrected chi connectivity index (χ3v) is 2.96. The fourth-order valence-electron chi connectivity index (χ4n) is 1.72. The van der Waals surface area contributed by atoms with Gasteiger partial charge in [0.25, 0.3) is 0 Å². The second kappa shape index (κ2) is 7.75. The van der Waals surface area contributed by atoms with Gasteiger partial charge in [0.05, 0.1) is 19.3 Å². The standard InChI is InChI=1S/C15H24N2O3/c1-10(2)9-16-15(19)17-11(3)14(18)12-5-7-13(20-4)8-6-12/h5-8,10-11,14,18H,9H2,1-4H3,(H2,16,17,19). The average Bonchev–Trinajstić information content (AvgIpc) is 2.44. The molecule has 2 unspecified atom stereocenters. The van der Waals surface area contributed by atoms with E-state index in [1.165, 1.54) is 0 Å². The summed E-state index contributed by atoms with van der Waals surface area (Å²) in [5.41, 5.74) is 0.738. The van der Waals surface area contributed by atoms with E-state index < -0.39 is 6.10 Å². The lowest BCUT2D eigenvalue weighted by Gasteiger charge is -2.21. The van der Waals surface area contributed by atoms with Crippen LogP contribution in [0, 0.1) is 5.92 Å². The van der Waals surface area contributed by atoms with Gasteiger partial charge < -0.3 is 20.5 Å². The van der Waals surface area contributed by atoms with E-state index in [2.05, 4.69) is 10.6 Å². The van der Waals surface area contributed by atoms with E-state index in [4.69, 9.17) is 4.74 Å². The molecule has 0 saturated heterocycles. The highest BCUT2D eigenvalue weighted by molar-refractivity contribution is 5.74. The number of rotatable bonds is 6. The number of ether oxygens (including phenoxy) is 1. The Hall–Kier alpha value is -1.75. The minimum atomic E-state index is -0.759. The van der Waals surface area contributed by atoms with Gasteiger partial charge in [-0.3, -0.25) is 0 Å². The van der Waals surface area contributed by atoms with E-state index in [0.717, 1.165) is 11.3 Å². The van der Waals surface area contributed by atoms with Crippen LogP contribution in [0.4, 0.5) is 4.79 Å². The fourth-order valence-corrected chi connectivity index (χ4v) is 1.72. The molecule has 2 amide bonds. The van der Waals surface area contributed by atoms with Crippen LogP contribution in [0.5, 0.6) is 5.75 Å². The Labute approximate surface area is 120 Å². The van der Waals surface area contributed by atoms with Gasteiger partial charge in [0.1, 0.15) is 5.75 Å². The van der Waals surface area contributed by atoms with Crippen molar-refractivity contribution >= 4 is 6.03 Å². The SMILES string of the molecule is COc1ccc(C(O)C(C)NC(=O)NCC(C)C)cc1. The van der Waals surface area contributed by atoms with Crippen LogP contribution in [-0.4, -0.2) is 30.8 Å². The van der Waals surface area contributed by atoms with Crippen molar-refractivity contribution in [2.24, 2.45) is 5.92 Å². The minimum absolute atomic E-state index is 0.265. The number of amides is 2. The van der Waals surface area contributed by atoms with Crippen LogP contribution in [0.1, 0.15) is 32.4 Å². The van der Waals surface area contributed by atoms with Gasteiger partial charge in [-0.1, -0.05) is 26.0 Å². The van der Waals surface area contributed by atoms with Gasteiger partial charge in [-0.2, -0.15) is 0 Å². The van der Waals surface area contributed by atoms with Gasteiger partial charge >= 0.3 is 6.03 Å². The number of carbonyl (C=O) groups excluding carboxylic acids is 1. The Morgan fingerprint density at radius 3 is 2.35 bits per heavy atom. The summed E-state index contributed by atoms with van der Waals surface area (Å²) in [6, 6.07) is 6.49. The number of carbonyl (C=O) groups is 1. The predicted molar refractivity (Wildman–Crippen MR) is 78.8 cm³/mol. The van der Waals surface area contributed by atoms with Crippen molar-refractivity contribution in [2.45, 2.75) is 32.9 Å². The van der Waals surface area contributed by atoms with Gasteiger partial charge in [-0.25, -0.2) is 4.79 Å². The molecule has 20 heavy (non-hydrogen) atoms. The summed E-state index contributed by atoms with van der Waals surface area (Å²) in [4.78, 5) is 11.6. The van der Waals surface area contributed by atoms with Crippen LogP contribution in [0.3, 0.4) is 0 Å². The number of aliphatic hydroxyl groups is 1. The van der Waals surface area contributed by atoms with E-state index in [9.17, 15) is 9.90 Å². The molecule has 5 nitrogen and oxygen atoms in total. The molecular weight excluding hydrogens is 256 g/mol. The fraction of sp³-hybridized carbons (Fsp3) is 0.533. The number of nitrogens with one attached hydrogen (secondary N) is 2. The van der Waals surface area contributed by atoms with Gasteiger partial charge in [-0.15, -0.1) is 0 Å². The molecule has 0 aliphatic heterocycles. The summed E-state index contributed by atoms with van der Waals surface area (Å²) in [6.45, 7) is 6.42. The van der Waals surface area contributed by atoms with Crippen LogP contribution in [-0.2, 0) is 0 Å². The van der Waals surface area contributed by atoms with E-state index in [1.54, 1.807) is 38.3 Å². The van der Waals surface area contributed by atoms with Crippen molar-refractivity contribution in [1.29, 1.82) is 0 Å². The molecule has 0 fully saturated rings. The van der Waals surface area contributed by atoms with Crippen LogP contribution < -0.4 is 15.4 Å². The molecule has 0 heterocycles. The molecule has 0 aliphatic rings. The monoisotopic (exact) mass is 280 g/mol.